The highest BCUT2D eigenvalue weighted by molar-refractivity contribution is 5.77. The molecule has 0 spiro atoms. The second-order valence-corrected chi connectivity index (χ2v) is 5.11. The third kappa shape index (κ3) is 3.64. The monoisotopic (exact) mass is 200 g/mol. The first-order valence-electron chi connectivity index (χ1n) is 5.01. The number of nitrogens with one attached hydrogen (secondary N) is 1. The summed E-state index contributed by atoms with van der Waals surface area (Å²) in [6.45, 7) is 7.20. The van der Waals surface area contributed by atoms with Crippen LogP contribution in [0.3, 0.4) is 0 Å². The molecule has 0 radical (unpaired) electrons. The molecule has 2 atom stereocenters. The highest BCUT2D eigenvalue weighted by Gasteiger charge is 2.27. The van der Waals surface area contributed by atoms with Gasteiger partial charge in [0.05, 0.1) is 25.3 Å². The number of carbonyl (C=O) groups excluding carboxylic acids is 1. The van der Waals surface area contributed by atoms with Gasteiger partial charge in [0, 0.05) is 6.42 Å². The Morgan fingerprint density at radius 1 is 1.50 bits per heavy atom. The second kappa shape index (κ2) is 4.28. The highest BCUT2D eigenvalue weighted by Crippen LogP contribution is 2.18. The summed E-state index contributed by atoms with van der Waals surface area (Å²) in [5.41, 5.74) is 5.77. The average Bonchev–Trinajstić information content (AvgIpc) is 2.32. The Labute approximate surface area is 85.2 Å². The van der Waals surface area contributed by atoms with Crippen molar-refractivity contribution in [1.82, 2.24) is 5.32 Å². The van der Waals surface area contributed by atoms with E-state index in [-0.39, 0.29) is 23.4 Å². The summed E-state index contributed by atoms with van der Waals surface area (Å²) < 4.78 is 5.16. The predicted octanol–water partition coefficient (Wildman–Crippen LogP) is 0.265. The summed E-state index contributed by atoms with van der Waals surface area (Å²) in [7, 11) is 0. The number of ether oxygens (including phenoxy) is 1. The summed E-state index contributed by atoms with van der Waals surface area (Å²) in [5, 5.41) is 2.90. The maximum absolute atomic E-state index is 11.5. The fraction of sp³-hybridized carbons (Fsp3) is 0.900. The third-order valence-corrected chi connectivity index (χ3v) is 2.16. The van der Waals surface area contributed by atoms with E-state index in [1.165, 1.54) is 0 Å². The Morgan fingerprint density at radius 3 is 2.57 bits per heavy atom. The van der Waals surface area contributed by atoms with Crippen LogP contribution in [0.15, 0.2) is 0 Å². The first kappa shape index (κ1) is 11.5. The zero-order valence-electron chi connectivity index (χ0n) is 9.17. The van der Waals surface area contributed by atoms with E-state index in [1.807, 2.05) is 20.8 Å². The molecule has 0 saturated carbocycles. The molecule has 1 fully saturated rings. The van der Waals surface area contributed by atoms with Crippen LogP contribution in [0.5, 0.6) is 0 Å². The Bertz CT molecular complexity index is 211. The molecular weight excluding hydrogens is 180 g/mol. The Balaban J connectivity index is 2.33. The Hall–Kier alpha value is -0.610. The molecule has 0 bridgehead atoms. The summed E-state index contributed by atoms with van der Waals surface area (Å²) in [6, 6.07) is -0.0660. The predicted molar refractivity (Wildman–Crippen MR) is 54.8 cm³/mol. The summed E-state index contributed by atoms with van der Waals surface area (Å²) >= 11 is 0. The fourth-order valence-corrected chi connectivity index (χ4v) is 1.46. The van der Waals surface area contributed by atoms with E-state index in [9.17, 15) is 4.79 Å². The Kier molecular flexibility index (Phi) is 3.50. The minimum Gasteiger partial charge on any atom is -0.378 e. The van der Waals surface area contributed by atoms with Crippen molar-refractivity contribution in [2.24, 2.45) is 11.1 Å². The number of amides is 1. The number of rotatable bonds is 2. The molecular formula is C10H20N2O2. The van der Waals surface area contributed by atoms with Crippen LogP contribution in [-0.4, -0.2) is 31.2 Å². The van der Waals surface area contributed by atoms with E-state index in [2.05, 4.69) is 5.32 Å². The molecule has 4 heteroatoms. The molecule has 1 aliphatic rings. The van der Waals surface area contributed by atoms with Crippen LogP contribution in [0.2, 0.25) is 0 Å². The van der Waals surface area contributed by atoms with Gasteiger partial charge in [0.1, 0.15) is 0 Å². The van der Waals surface area contributed by atoms with E-state index in [1.54, 1.807) is 0 Å². The van der Waals surface area contributed by atoms with Gasteiger partial charge in [-0.1, -0.05) is 20.8 Å². The molecule has 0 aromatic carbocycles. The Morgan fingerprint density at radius 2 is 2.14 bits per heavy atom. The van der Waals surface area contributed by atoms with Gasteiger partial charge >= 0.3 is 0 Å². The number of nitrogens with two attached hydrogens (primary N) is 1. The van der Waals surface area contributed by atoms with Crippen molar-refractivity contribution in [3.8, 4) is 0 Å². The maximum Gasteiger partial charge on any atom is 0.220 e. The first-order chi connectivity index (χ1) is 6.38. The molecule has 1 amide bonds. The van der Waals surface area contributed by atoms with E-state index in [4.69, 9.17) is 10.5 Å². The van der Waals surface area contributed by atoms with Gasteiger partial charge in [0.2, 0.25) is 5.91 Å². The van der Waals surface area contributed by atoms with Gasteiger partial charge in [-0.15, -0.1) is 0 Å². The van der Waals surface area contributed by atoms with Crippen LogP contribution >= 0.6 is 0 Å². The van der Waals surface area contributed by atoms with E-state index < -0.39 is 0 Å². The number of hydrogen-bond donors (Lipinski definition) is 2. The van der Waals surface area contributed by atoms with E-state index in [0.717, 1.165) is 0 Å². The lowest BCUT2D eigenvalue weighted by Crippen LogP contribution is -2.47. The molecule has 2 unspecified atom stereocenters. The molecule has 0 aromatic rings. The largest absolute Gasteiger partial charge is 0.378 e. The van der Waals surface area contributed by atoms with Crippen LogP contribution < -0.4 is 11.1 Å². The SMILES string of the molecule is CC(C)(C)CC(=O)NC1COCC1N. The van der Waals surface area contributed by atoms with Gasteiger partial charge in [-0.25, -0.2) is 0 Å². The van der Waals surface area contributed by atoms with Crippen LogP contribution in [0.4, 0.5) is 0 Å². The lowest BCUT2D eigenvalue weighted by molar-refractivity contribution is -0.123. The third-order valence-electron chi connectivity index (χ3n) is 2.16. The van der Waals surface area contributed by atoms with Gasteiger partial charge in [-0.05, 0) is 5.41 Å². The van der Waals surface area contributed by atoms with Crippen LogP contribution in [0.25, 0.3) is 0 Å². The molecule has 4 nitrogen and oxygen atoms in total. The van der Waals surface area contributed by atoms with Crippen molar-refractivity contribution in [2.45, 2.75) is 39.3 Å². The van der Waals surface area contributed by atoms with Crippen LogP contribution in [-0.2, 0) is 9.53 Å². The van der Waals surface area contributed by atoms with Crippen LogP contribution in [0, 0.1) is 5.41 Å². The molecule has 0 aromatic heterocycles. The summed E-state index contributed by atoms with van der Waals surface area (Å²) in [4.78, 5) is 11.5. The fourth-order valence-electron chi connectivity index (χ4n) is 1.46. The summed E-state index contributed by atoms with van der Waals surface area (Å²) in [5.74, 6) is 0.0588. The molecule has 3 N–H and O–H groups in total. The van der Waals surface area contributed by atoms with Crippen molar-refractivity contribution in [1.29, 1.82) is 0 Å². The van der Waals surface area contributed by atoms with Gasteiger partial charge in [-0.2, -0.15) is 0 Å². The number of hydrogen-bond acceptors (Lipinski definition) is 3. The minimum absolute atomic E-state index is 0.00940. The zero-order valence-corrected chi connectivity index (χ0v) is 9.17. The van der Waals surface area contributed by atoms with Gasteiger partial charge in [0.25, 0.3) is 0 Å². The smallest absolute Gasteiger partial charge is 0.220 e. The molecule has 0 aliphatic carbocycles. The summed E-state index contributed by atoms with van der Waals surface area (Å²) in [6.07, 6.45) is 0.524. The molecule has 1 rings (SSSR count). The lowest BCUT2D eigenvalue weighted by atomic mass is 9.92. The van der Waals surface area contributed by atoms with Gasteiger partial charge in [-0.3, -0.25) is 4.79 Å². The van der Waals surface area contributed by atoms with E-state index in [0.29, 0.717) is 19.6 Å². The standard InChI is InChI=1S/C10H20N2O2/c1-10(2,3)4-9(13)12-8-6-14-5-7(8)11/h7-8H,4-6,11H2,1-3H3,(H,12,13). The molecule has 14 heavy (non-hydrogen) atoms. The van der Waals surface area contributed by atoms with Crippen molar-refractivity contribution in [3.05, 3.63) is 0 Å². The van der Waals surface area contributed by atoms with E-state index >= 15 is 0 Å². The quantitative estimate of drug-likeness (QED) is 0.672. The first-order valence-corrected chi connectivity index (χ1v) is 5.01. The average molecular weight is 200 g/mol. The maximum atomic E-state index is 11.5. The van der Waals surface area contributed by atoms with Crippen LogP contribution in [0.1, 0.15) is 27.2 Å². The zero-order chi connectivity index (χ0) is 10.8. The second-order valence-electron chi connectivity index (χ2n) is 5.11. The van der Waals surface area contributed by atoms with Gasteiger partial charge in [0.15, 0.2) is 0 Å². The molecule has 1 aliphatic heterocycles. The molecule has 1 heterocycles. The minimum atomic E-state index is -0.0566. The van der Waals surface area contributed by atoms with Crippen molar-refractivity contribution in [3.63, 3.8) is 0 Å². The molecule has 1 saturated heterocycles. The number of carbonyl (C=O) groups is 1. The lowest BCUT2D eigenvalue weighted by Gasteiger charge is -2.20. The van der Waals surface area contributed by atoms with Crippen molar-refractivity contribution < 1.29 is 9.53 Å². The normalized spacial score (nSPS) is 27.7. The topological polar surface area (TPSA) is 64.3 Å². The van der Waals surface area contributed by atoms with Gasteiger partial charge < -0.3 is 15.8 Å². The van der Waals surface area contributed by atoms with Crippen molar-refractivity contribution >= 4 is 5.91 Å². The van der Waals surface area contributed by atoms with Crippen molar-refractivity contribution in [2.75, 3.05) is 13.2 Å². The molecule has 82 valence electrons. The highest BCUT2D eigenvalue weighted by atomic mass is 16.5.